The summed E-state index contributed by atoms with van der Waals surface area (Å²) in [5.74, 6) is 0.581. The van der Waals surface area contributed by atoms with Crippen LogP contribution >= 0.6 is 24.0 Å². The molecule has 1 aromatic heterocycles. The zero-order valence-corrected chi connectivity index (χ0v) is 6.38. The van der Waals surface area contributed by atoms with Crippen molar-refractivity contribution in [2.45, 2.75) is 5.88 Å². The molecule has 0 spiro atoms. The Hall–Kier alpha value is -0.270. The van der Waals surface area contributed by atoms with Crippen LogP contribution in [0.5, 0.6) is 0 Å². The van der Waals surface area contributed by atoms with E-state index in [0.29, 0.717) is 5.88 Å². The Morgan fingerprint density at radius 1 is 1.56 bits per heavy atom. The maximum atomic E-state index is 5.51. The number of pyridine rings is 1. The van der Waals surface area contributed by atoms with Gasteiger partial charge in [-0.1, -0.05) is 0 Å². The maximum Gasteiger partial charge on any atom is 0.171 e. The van der Waals surface area contributed by atoms with Crippen molar-refractivity contribution in [3.8, 4) is 0 Å². The van der Waals surface area contributed by atoms with Gasteiger partial charge in [0.1, 0.15) is 0 Å². The molecule has 0 amide bonds. The highest BCUT2D eigenvalue weighted by Gasteiger charge is 1.87. The molecule has 0 saturated carbocycles. The summed E-state index contributed by atoms with van der Waals surface area (Å²) in [6.45, 7) is 0. The molecule has 50 valence electrons. The van der Waals surface area contributed by atoms with Crippen molar-refractivity contribution in [1.29, 1.82) is 0 Å². The molecule has 0 saturated heterocycles. The summed E-state index contributed by atoms with van der Waals surface area (Å²) in [5, 5.41) is 0. The number of hydrogen-bond donors (Lipinski definition) is 0. The van der Waals surface area contributed by atoms with Crippen LogP contribution in [0, 0.1) is 0 Å². The first-order valence-corrected chi connectivity index (χ1v) is 2.98. The summed E-state index contributed by atoms with van der Waals surface area (Å²) in [4.78, 5) is 2.93. The normalized spacial score (nSPS) is 8.11. The van der Waals surface area contributed by atoms with Crippen LogP contribution in [-0.2, 0) is 5.88 Å². The first kappa shape index (κ1) is 8.73. The van der Waals surface area contributed by atoms with Gasteiger partial charge in [-0.15, -0.1) is 24.0 Å². The average Bonchev–Trinajstić information content (AvgIpc) is 1.90. The van der Waals surface area contributed by atoms with Crippen molar-refractivity contribution < 1.29 is 4.98 Å². The third kappa shape index (κ3) is 2.68. The summed E-state index contributed by atoms with van der Waals surface area (Å²) in [6, 6.07) is 3.90. The minimum Gasteiger partial charge on any atom is -0.218 e. The van der Waals surface area contributed by atoms with Crippen LogP contribution in [0.1, 0.15) is 5.56 Å². The molecule has 0 atom stereocenters. The molecule has 0 unspecified atom stereocenters. The second-order valence-corrected chi connectivity index (χ2v) is 1.81. The number of alkyl halides is 1. The second kappa shape index (κ2) is 4.59. The zero-order chi connectivity index (χ0) is 5.82. The molecule has 0 aliphatic heterocycles. The predicted molar refractivity (Wildman–Crippen MR) is 39.8 cm³/mol. The van der Waals surface area contributed by atoms with E-state index < -0.39 is 0 Å². The van der Waals surface area contributed by atoms with E-state index in [1.807, 2.05) is 24.5 Å². The highest BCUT2D eigenvalue weighted by atomic mass is 35.5. The number of aromatic amines is 1. The SMILES string of the molecule is Cl.ClCc1ccc[nH+]c1. The van der Waals surface area contributed by atoms with Gasteiger partial charge in [0.25, 0.3) is 0 Å². The Labute approximate surface area is 65.5 Å². The smallest absolute Gasteiger partial charge is 0.171 e. The number of rotatable bonds is 1. The van der Waals surface area contributed by atoms with E-state index in [1.54, 1.807) is 0 Å². The standard InChI is InChI=1S/C6H6ClN.ClH/c7-4-6-2-1-3-8-5-6;/h1-3,5H,4H2;1H/p+1. The fourth-order valence-electron chi connectivity index (χ4n) is 0.514. The van der Waals surface area contributed by atoms with E-state index in [1.165, 1.54) is 0 Å². The molecule has 0 aromatic carbocycles. The average molecular weight is 165 g/mol. The molecule has 1 N–H and O–H groups in total. The third-order valence-electron chi connectivity index (χ3n) is 0.926. The summed E-state index contributed by atoms with van der Waals surface area (Å²) in [7, 11) is 0. The van der Waals surface area contributed by atoms with Gasteiger partial charge in [-0.25, -0.2) is 4.98 Å². The number of hydrogen-bond acceptors (Lipinski definition) is 0. The topological polar surface area (TPSA) is 14.1 Å². The van der Waals surface area contributed by atoms with E-state index in [0.717, 1.165) is 5.56 Å². The van der Waals surface area contributed by atoms with Crippen molar-refractivity contribution >= 4 is 24.0 Å². The fraction of sp³-hybridized carbons (Fsp3) is 0.167. The highest BCUT2D eigenvalue weighted by molar-refractivity contribution is 6.17. The molecule has 3 heteroatoms. The van der Waals surface area contributed by atoms with Crippen LogP contribution in [0.15, 0.2) is 24.5 Å². The van der Waals surface area contributed by atoms with Crippen LogP contribution in [0.4, 0.5) is 0 Å². The van der Waals surface area contributed by atoms with Crippen molar-refractivity contribution in [2.75, 3.05) is 0 Å². The Kier molecular flexibility index (Phi) is 4.46. The lowest BCUT2D eigenvalue weighted by Gasteiger charge is -1.82. The molecule has 1 aromatic rings. The van der Waals surface area contributed by atoms with Gasteiger partial charge in [-0.2, -0.15) is 0 Å². The molecule has 0 aliphatic rings. The first-order chi connectivity index (χ1) is 3.93. The molecule has 1 rings (SSSR count). The Bertz CT molecular complexity index is 152. The Balaban J connectivity index is 0.000000640. The van der Waals surface area contributed by atoms with Crippen LogP contribution < -0.4 is 4.98 Å². The number of aromatic nitrogens is 1. The molecule has 1 nitrogen and oxygen atoms in total. The maximum absolute atomic E-state index is 5.51. The van der Waals surface area contributed by atoms with E-state index in [2.05, 4.69) is 4.98 Å². The molecule has 9 heavy (non-hydrogen) atoms. The van der Waals surface area contributed by atoms with Gasteiger partial charge in [0.2, 0.25) is 0 Å². The minimum absolute atomic E-state index is 0. The first-order valence-electron chi connectivity index (χ1n) is 2.44. The quantitative estimate of drug-likeness (QED) is 0.562. The third-order valence-corrected chi connectivity index (χ3v) is 1.23. The second-order valence-electron chi connectivity index (χ2n) is 1.55. The number of nitrogens with one attached hydrogen (secondary N) is 1. The molecule has 0 radical (unpaired) electrons. The van der Waals surface area contributed by atoms with Crippen LogP contribution in [0.2, 0.25) is 0 Å². The van der Waals surface area contributed by atoms with Gasteiger partial charge in [0, 0.05) is 11.6 Å². The predicted octanol–water partition coefficient (Wildman–Crippen LogP) is 1.66. The van der Waals surface area contributed by atoms with E-state index in [4.69, 9.17) is 11.6 Å². The lowest BCUT2D eigenvalue weighted by molar-refractivity contribution is -0.378. The molecule has 0 aliphatic carbocycles. The summed E-state index contributed by atoms with van der Waals surface area (Å²) in [6.07, 6.45) is 3.74. The van der Waals surface area contributed by atoms with Crippen molar-refractivity contribution in [2.24, 2.45) is 0 Å². The number of halogens is 2. The zero-order valence-electron chi connectivity index (χ0n) is 4.80. The summed E-state index contributed by atoms with van der Waals surface area (Å²) < 4.78 is 0. The Morgan fingerprint density at radius 3 is 2.67 bits per heavy atom. The van der Waals surface area contributed by atoms with Gasteiger partial charge >= 0.3 is 0 Å². The lowest BCUT2D eigenvalue weighted by Crippen LogP contribution is -1.98. The molecular formula is C6H8Cl2N+. The molecular weight excluding hydrogens is 157 g/mol. The summed E-state index contributed by atoms with van der Waals surface area (Å²) in [5.41, 5.74) is 1.12. The fourth-order valence-corrected chi connectivity index (χ4v) is 0.680. The van der Waals surface area contributed by atoms with Crippen molar-refractivity contribution in [3.05, 3.63) is 30.1 Å². The van der Waals surface area contributed by atoms with Crippen LogP contribution in [0.3, 0.4) is 0 Å². The van der Waals surface area contributed by atoms with E-state index in [-0.39, 0.29) is 12.4 Å². The minimum atomic E-state index is 0. The molecule has 1 heterocycles. The van der Waals surface area contributed by atoms with Gasteiger partial charge in [0.05, 0.1) is 5.88 Å². The lowest BCUT2D eigenvalue weighted by atomic mass is 10.3. The van der Waals surface area contributed by atoms with Gasteiger partial charge in [-0.3, -0.25) is 0 Å². The van der Waals surface area contributed by atoms with Crippen molar-refractivity contribution in [3.63, 3.8) is 0 Å². The number of H-pyrrole nitrogens is 1. The monoisotopic (exact) mass is 164 g/mol. The molecule has 0 bridgehead atoms. The van der Waals surface area contributed by atoms with Gasteiger partial charge < -0.3 is 0 Å². The van der Waals surface area contributed by atoms with Gasteiger partial charge in [0.15, 0.2) is 12.4 Å². The van der Waals surface area contributed by atoms with E-state index in [9.17, 15) is 0 Å². The summed E-state index contributed by atoms with van der Waals surface area (Å²) >= 11 is 5.51. The van der Waals surface area contributed by atoms with Crippen LogP contribution in [-0.4, -0.2) is 0 Å². The largest absolute Gasteiger partial charge is 0.218 e. The Morgan fingerprint density at radius 2 is 2.33 bits per heavy atom. The highest BCUT2D eigenvalue weighted by Crippen LogP contribution is 1.96. The van der Waals surface area contributed by atoms with Gasteiger partial charge in [-0.05, 0) is 6.07 Å². The van der Waals surface area contributed by atoms with E-state index >= 15 is 0 Å². The van der Waals surface area contributed by atoms with Crippen LogP contribution in [0.25, 0.3) is 0 Å². The molecule has 0 fully saturated rings. The van der Waals surface area contributed by atoms with Crippen molar-refractivity contribution in [1.82, 2.24) is 0 Å².